The fourth-order valence-electron chi connectivity index (χ4n) is 1.78. The Morgan fingerprint density at radius 1 is 1.05 bits per heavy atom. The Morgan fingerprint density at radius 2 is 1.68 bits per heavy atom. The number of hydrogen-bond donors (Lipinski definition) is 0. The van der Waals surface area contributed by atoms with Gasteiger partial charge in [-0.15, -0.1) is 0 Å². The van der Waals surface area contributed by atoms with E-state index in [9.17, 15) is 9.59 Å². The zero-order valence-electron chi connectivity index (χ0n) is 11.9. The summed E-state index contributed by atoms with van der Waals surface area (Å²) in [7, 11) is 0. The largest absolute Gasteiger partial charge is 0.369 e. The van der Waals surface area contributed by atoms with Gasteiger partial charge >= 0.3 is 0 Å². The summed E-state index contributed by atoms with van der Waals surface area (Å²) in [6.07, 6.45) is 0.406. The molecule has 0 bridgehead atoms. The second-order valence-corrected chi connectivity index (χ2v) is 5.97. The third-order valence-electron chi connectivity index (χ3n) is 2.50. The number of ketones is 2. The first-order chi connectivity index (χ1) is 8.87. The van der Waals surface area contributed by atoms with E-state index in [-0.39, 0.29) is 30.0 Å². The maximum atomic E-state index is 11.6. The number of ether oxygens (including phenoxy) is 1. The van der Waals surface area contributed by atoms with E-state index in [2.05, 4.69) is 0 Å². The highest BCUT2D eigenvalue weighted by Crippen LogP contribution is 2.19. The predicted octanol–water partition coefficient (Wildman–Crippen LogP) is 3.17. The molecule has 0 fully saturated rings. The van der Waals surface area contributed by atoms with Crippen LogP contribution in [0.25, 0.3) is 0 Å². The summed E-state index contributed by atoms with van der Waals surface area (Å²) in [5.74, 6) is -0.161. The minimum Gasteiger partial charge on any atom is -0.369 e. The quantitative estimate of drug-likeness (QED) is 0.709. The van der Waals surface area contributed by atoms with Crippen LogP contribution in [0.15, 0.2) is 30.3 Å². The third-order valence-corrected chi connectivity index (χ3v) is 2.50. The first kappa shape index (κ1) is 15.6. The summed E-state index contributed by atoms with van der Waals surface area (Å²) >= 11 is 0. The summed E-state index contributed by atoms with van der Waals surface area (Å²) < 4.78 is 5.31. The van der Waals surface area contributed by atoms with Gasteiger partial charge < -0.3 is 4.74 Å². The molecule has 19 heavy (non-hydrogen) atoms. The molecule has 0 aliphatic carbocycles. The number of carbonyl (C=O) groups is 2. The molecule has 0 amide bonds. The van der Waals surface area contributed by atoms with E-state index in [0.717, 1.165) is 5.56 Å². The second-order valence-electron chi connectivity index (χ2n) is 5.97. The Bertz CT molecular complexity index is 415. The van der Waals surface area contributed by atoms with Gasteiger partial charge in [-0.25, -0.2) is 0 Å². The Kier molecular flexibility index (Phi) is 5.90. The normalized spacial score (nSPS) is 11.3. The topological polar surface area (TPSA) is 43.4 Å². The van der Waals surface area contributed by atoms with Gasteiger partial charge in [0.15, 0.2) is 5.78 Å². The van der Waals surface area contributed by atoms with Crippen molar-refractivity contribution in [2.75, 3.05) is 6.61 Å². The fourth-order valence-corrected chi connectivity index (χ4v) is 1.78. The van der Waals surface area contributed by atoms with Gasteiger partial charge in [0.2, 0.25) is 0 Å². The van der Waals surface area contributed by atoms with Crippen molar-refractivity contribution in [1.82, 2.24) is 0 Å². The summed E-state index contributed by atoms with van der Waals surface area (Å²) in [6.45, 7) is 6.37. The molecule has 0 aliphatic heterocycles. The maximum absolute atomic E-state index is 11.6. The van der Waals surface area contributed by atoms with E-state index in [1.54, 1.807) is 0 Å². The standard InChI is InChI=1S/C16H22O3/c1-16(2,3)10-14(17)9-15(18)12-19-11-13-7-5-4-6-8-13/h4-8H,9-12H2,1-3H3. The van der Waals surface area contributed by atoms with Crippen LogP contribution in [0.3, 0.4) is 0 Å². The van der Waals surface area contributed by atoms with Gasteiger partial charge in [-0.2, -0.15) is 0 Å². The summed E-state index contributed by atoms with van der Waals surface area (Å²) in [4.78, 5) is 23.2. The van der Waals surface area contributed by atoms with Crippen LogP contribution in [-0.4, -0.2) is 18.2 Å². The molecule has 0 radical (unpaired) electrons. The summed E-state index contributed by atoms with van der Waals surface area (Å²) in [5.41, 5.74) is 0.957. The van der Waals surface area contributed by atoms with Crippen LogP contribution in [0.4, 0.5) is 0 Å². The SMILES string of the molecule is CC(C)(C)CC(=O)CC(=O)COCc1ccccc1. The Balaban J connectivity index is 2.23. The average molecular weight is 262 g/mol. The molecule has 0 saturated heterocycles. The molecular weight excluding hydrogens is 240 g/mol. The Morgan fingerprint density at radius 3 is 2.26 bits per heavy atom. The monoisotopic (exact) mass is 262 g/mol. The van der Waals surface area contributed by atoms with Gasteiger partial charge in [-0.1, -0.05) is 51.1 Å². The molecule has 0 saturated carbocycles. The number of benzene rings is 1. The lowest BCUT2D eigenvalue weighted by molar-refractivity contribution is -0.130. The van der Waals surface area contributed by atoms with Crippen LogP contribution in [0.2, 0.25) is 0 Å². The highest BCUT2D eigenvalue weighted by molar-refractivity contribution is 5.99. The van der Waals surface area contributed by atoms with E-state index < -0.39 is 0 Å². The van der Waals surface area contributed by atoms with Crippen LogP contribution in [0.1, 0.15) is 39.2 Å². The average Bonchev–Trinajstić information content (AvgIpc) is 2.27. The molecule has 0 aliphatic rings. The first-order valence-electron chi connectivity index (χ1n) is 6.52. The highest BCUT2D eigenvalue weighted by atomic mass is 16.5. The van der Waals surface area contributed by atoms with E-state index in [1.807, 2.05) is 51.1 Å². The van der Waals surface area contributed by atoms with E-state index in [4.69, 9.17) is 4.74 Å². The number of rotatable bonds is 7. The summed E-state index contributed by atoms with van der Waals surface area (Å²) in [6, 6.07) is 9.66. The smallest absolute Gasteiger partial charge is 0.165 e. The predicted molar refractivity (Wildman–Crippen MR) is 74.8 cm³/mol. The molecule has 0 heterocycles. The van der Waals surface area contributed by atoms with Crippen molar-refractivity contribution in [1.29, 1.82) is 0 Å². The van der Waals surface area contributed by atoms with Gasteiger partial charge in [0.05, 0.1) is 13.0 Å². The zero-order chi connectivity index (χ0) is 14.3. The van der Waals surface area contributed by atoms with E-state index in [1.165, 1.54) is 0 Å². The molecule has 0 unspecified atom stereocenters. The van der Waals surface area contributed by atoms with Crippen molar-refractivity contribution >= 4 is 11.6 Å². The molecule has 1 aromatic rings. The molecule has 0 aromatic heterocycles. The maximum Gasteiger partial charge on any atom is 0.165 e. The van der Waals surface area contributed by atoms with E-state index in [0.29, 0.717) is 13.0 Å². The van der Waals surface area contributed by atoms with Crippen molar-refractivity contribution in [2.24, 2.45) is 5.41 Å². The molecule has 1 rings (SSSR count). The minimum absolute atomic E-state index is 0.00474. The van der Waals surface area contributed by atoms with Crippen molar-refractivity contribution in [3.63, 3.8) is 0 Å². The Hall–Kier alpha value is -1.48. The third kappa shape index (κ3) is 7.52. The van der Waals surface area contributed by atoms with Crippen LogP contribution < -0.4 is 0 Å². The fraction of sp³-hybridized carbons (Fsp3) is 0.500. The molecule has 104 valence electrons. The first-order valence-corrected chi connectivity index (χ1v) is 6.52. The molecular formula is C16H22O3. The summed E-state index contributed by atoms with van der Waals surface area (Å²) in [5, 5.41) is 0. The molecule has 0 spiro atoms. The minimum atomic E-state index is -0.148. The highest BCUT2D eigenvalue weighted by Gasteiger charge is 2.18. The van der Waals surface area contributed by atoms with Crippen LogP contribution in [0.5, 0.6) is 0 Å². The van der Waals surface area contributed by atoms with Crippen molar-refractivity contribution in [3.05, 3.63) is 35.9 Å². The van der Waals surface area contributed by atoms with Crippen molar-refractivity contribution < 1.29 is 14.3 Å². The van der Waals surface area contributed by atoms with Gasteiger partial charge in [0.1, 0.15) is 12.4 Å². The Labute approximate surface area is 115 Å². The van der Waals surface area contributed by atoms with Crippen LogP contribution in [-0.2, 0) is 20.9 Å². The van der Waals surface area contributed by atoms with Gasteiger partial charge in [0, 0.05) is 6.42 Å². The molecule has 0 N–H and O–H groups in total. The molecule has 3 nitrogen and oxygen atoms in total. The van der Waals surface area contributed by atoms with E-state index >= 15 is 0 Å². The molecule has 1 aromatic carbocycles. The molecule has 0 atom stereocenters. The van der Waals surface area contributed by atoms with Crippen molar-refractivity contribution in [2.45, 2.75) is 40.2 Å². The van der Waals surface area contributed by atoms with Gasteiger partial charge in [-0.3, -0.25) is 9.59 Å². The lowest BCUT2D eigenvalue weighted by Crippen LogP contribution is -2.18. The number of Topliss-reactive ketones (excluding diaryl/α,β-unsaturated/α-hetero) is 2. The van der Waals surface area contributed by atoms with Crippen LogP contribution >= 0.6 is 0 Å². The van der Waals surface area contributed by atoms with Crippen molar-refractivity contribution in [3.8, 4) is 0 Å². The molecule has 3 heteroatoms. The number of hydrogen-bond acceptors (Lipinski definition) is 3. The number of carbonyl (C=O) groups excluding carboxylic acids is 2. The lowest BCUT2D eigenvalue weighted by Gasteiger charge is -2.16. The van der Waals surface area contributed by atoms with Gasteiger partial charge in [-0.05, 0) is 11.0 Å². The zero-order valence-corrected chi connectivity index (χ0v) is 11.9. The van der Waals surface area contributed by atoms with Gasteiger partial charge in [0.25, 0.3) is 0 Å². The second kappa shape index (κ2) is 7.19. The lowest BCUT2D eigenvalue weighted by atomic mass is 9.89. The van der Waals surface area contributed by atoms with Crippen LogP contribution in [0, 0.1) is 5.41 Å².